The van der Waals surface area contributed by atoms with Gasteiger partial charge in [0.05, 0.1) is 6.42 Å². The molecule has 5 nitrogen and oxygen atoms in total. The van der Waals surface area contributed by atoms with Crippen LogP contribution in [0.15, 0.2) is 0 Å². The number of hydrogen-bond donors (Lipinski definition) is 0. The summed E-state index contributed by atoms with van der Waals surface area (Å²) >= 11 is 0. The predicted octanol–water partition coefficient (Wildman–Crippen LogP) is 0.128. The Balaban J connectivity index is 4.53. The van der Waals surface area contributed by atoms with E-state index in [2.05, 4.69) is 0 Å². The van der Waals surface area contributed by atoms with Gasteiger partial charge in [-0.15, -0.1) is 0 Å². The minimum absolute atomic E-state index is 0.263. The fraction of sp³-hybridized carbons (Fsp3) is 0.750. The smallest absolute Gasteiger partial charge is 0.325 e. The van der Waals surface area contributed by atoms with Gasteiger partial charge in [0.1, 0.15) is 5.78 Å². The molecule has 0 aliphatic rings. The molecule has 0 heterocycles. The van der Waals surface area contributed by atoms with Crippen LogP contribution in [0.4, 0.5) is 0 Å². The van der Waals surface area contributed by atoms with Crippen molar-refractivity contribution in [2.45, 2.75) is 19.3 Å². The van der Waals surface area contributed by atoms with Crippen molar-refractivity contribution >= 4 is 11.6 Å². The maximum Gasteiger partial charge on any atom is 0.346 e. The number of carbonyl (C=O) groups is 2. The molecule has 0 bridgehead atoms. The third-order valence-electron chi connectivity index (χ3n) is 1.56. The molecule has 0 unspecified atom stereocenters. The van der Waals surface area contributed by atoms with E-state index in [1.54, 1.807) is 0 Å². The Labute approximate surface area is 77.0 Å². The summed E-state index contributed by atoms with van der Waals surface area (Å²) in [6.45, 7) is 1.31. The van der Waals surface area contributed by atoms with Gasteiger partial charge in [-0.1, -0.05) is 0 Å². The lowest BCUT2D eigenvalue weighted by molar-refractivity contribution is -0.325. The summed E-state index contributed by atoms with van der Waals surface area (Å²) in [4.78, 5) is 22.0. The van der Waals surface area contributed by atoms with Gasteiger partial charge in [0, 0.05) is 21.3 Å². The Morgan fingerprint density at radius 3 is 1.69 bits per heavy atom. The Hall–Kier alpha value is -0.780. The van der Waals surface area contributed by atoms with Crippen LogP contribution in [0.2, 0.25) is 0 Å². The second kappa shape index (κ2) is 5.06. The molecule has 0 amide bonds. The Kier molecular flexibility index (Phi) is 4.76. The minimum Gasteiger partial charge on any atom is -0.325 e. The molecule has 0 aliphatic heterocycles. The van der Waals surface area contributed by atoms with Crippen molar-refractivity contribution in [2.24, 2.45) is 0 Å². The predicted molar refractivity (Wildman–Crippen MR) is 44.1 cm³/mol. The van der Waals surface area contributed by atoms with E-state index in [1.807, 2.05) is 0 Å². The monoisotopic (exact) mass is 190 g/mol. The molecule has 0 radical (unpaired) electrons. The highest BCUT2D eigenvalue weighted by molar-refractivity contribution is 6.00. The number of carbonyl (C=O) groups excluding carboxylic acids is 2. The number of ether oxygens (including phenoxy) is 3. The number of ketones is 2. The molecule has 76 valence electrons. The molecule has 0 aromatic rings. The molecular weight excluding hydrogens is 176 g/mol. The third-order valence-corrected chi connectivity index (χ3v) is 1.56. The zero-order valence-corrected chi connectivity index (χ0v) is 8.25. The number of rotatable bonds is 6. The van der Waals surface area contributed by atoms with Gasteiger partial charge in [0.2, 0.25) is 5.78 Å². The Bertz CT molecular complexity index is 186. The first-order valence-electron chi connectivity index (χ1n) is 3.70. The maximum atomic E-state index is 11.4. The van der Waals surface area contributed by atoms with Crippen LogP contribution >= 0.6 is 0 Å². The Morgan fingerprint density at radius 2 is 1.46 bits per heavy atom. The molecule has 0 saturated heterocycles. The van der Waals surface area contributed by atoms with E-state index in [0.717, 1.165) is 0 Å². The lowest BCUT2D eigenvalue weighted by Crippen LogP contribution is -2.45. The van der Waals surface area contributed by atoms with Crippen molar-refractivity contribution in [3.05, 3.63) is 0 Å². The van der Waals surface area contributed by atoms with Crippen LogP contribution < -0.4 is 0 Å². The first kappa shape index (κ1) is 12.2. The average molecular weight is 190 g/mol. The van der Waals surface area contributed by atoms with E-state index in [-0.39, 0.29) is 12.2 Å². The second-order valence-electron chi connectivity index (χ2n) is 2.47. The fourth-order valence-electron chi connectivity index (χ4n) is 0.926. The van der Waals surface area contributed by atoms with E-state index < -0.39 is 11.8 Å². The number of Topliss-reactive ketones (excluding diaryl/α,β-unsaturated/α-hetero) is 2. The van der Waals surface area contributed by atoms with Crippen LogP contribution in [0.1, 0.15) is 13.3 Å². The zero-order valence-electron chi connectivity index (χ0n) is 8.25. The van der Waals surface area contributed by atoms with Gasteiger partial charge in [0.25, 0.3) is 0 Å². The van der Waals surface area contributed by atoms with Gasteiger partial charge in [-0.2, -0.15) is 0 Å². The van der Waals surface area contributed by atoms with Crippen LogP contribution in [0.25, 0.3) is 0 Å². The van der Waals surface area contributed by atoms with Crippen LogP contribution in [0.5, 0.6) is 0 Å². The highest BCUT2D eigenvalue weighted by Gasteiger charge is 2.39. The summed E-state index contributed by atoms with van der Waals surface area (Å²) in [5, 5.41) is 0. The molecule has 0 N–H and O–H groups in total. The highest BCUT2D eigenvalue weighted by Crippen LogP contribution is 2.15. The molecule has 0 rings (SSSR count). The molecule has 0 atom stereocenters. The van der Waals surface area contributed by atoms with Crippen molar-refractivity contribution in [1.29, 1.82) is 0 Å². The molecule has 0 aromatic carbocycles. The molecule has 0 aliphatic carbocycles. The third kappa shape index (κ3) is 2.87. The quantitative estimate of drug-likeness (QED) is 0.440. The summed E-state index contributed by atoms with van der Waals surface area (Å²) in [6.07, 6.45) is -0.268. The molecule has 13 heavy (non-hydrogen) atoms. The summed E-state index contributed by atoms with van der Waals surface area (Å²) in [7, 11) is 3.81. The zero-order chi connectivity index (χ0) is 10.5. The van der Waals surface area contributed by atoms with Crippen molar-refractivity contribution in [3.63, 3.8) is 0 Å². The molecule has 0 fully saturated rings. The molecule has 0 aromatic heterocycles. The van der Waals surface area contributed by atoms with E-state index in [1.165, 1.54) is 28.3 Å². The van der Waals surface area contributed by atoms with Gasteiger partial charge in [0.15, 0.2) is 0 Å². The minimum atomic E-state index is -1.74. The summed E-state index contributed by atoms with van der Waals surface area (Å²) < 4.78 is 14.3. The van der Waals surface area contributed by atoms with Gasteiger partial charge >= 0.3 is 5.97 Å². The average Bonchev–Trinajstić information content (AvgIpc) is 2.07. The van der Waals surface area contributed by atoms with Gasteiger partial charge < -0.3 is 14.2 Å². The summed E-state index contributed by atoms with van der Waals surface area (Å²) in [6, 6.07) is 0. The largest absolute Gasteiger partial charge is 0.346 e. The first-order valence-corrected chi connectivity index (χ1v) is 3.70. The molecule has 0 saturated carbocycles. The second-order valence-corrected chi connectivity index (χ2v) is 2.47. The normalized spacial score (nSPS) is 11.4. The van der Waals surface area contributed by atoms with E-state index in [4.69, 9.17) is 14.2 Å². The first-order chi connectivity index (χ1) is 6.02. The van der Waals surface area contributed by atoms with Gasteiger partial charge in [-0.25, -0.2) is 0 Å². The fourth-order valence-corrected chi connectivity index (χ4v) is 0.926. The summed E-state index contributed by atoms with van der Waals surface area (Å²) in [5.74, 6) is -2.56. The molecular formula is C8H14O5. The van der Waals surface area contributed by atoms with Crippen molar-refractivity contribution in [1.82, 2.24) is 0 Å². The SMILES string of the molecule is COC(OC)(OC)C(=O)CC(C)=O. The molecule has 0 spiro atoms. The van der Waals surface area contributed by atoms with Crippen LogP contribution in [0, 0.1) is 0 Å². The van der Waals surface area contributed by atoms with Gasteiger partial charge in [-0.3, -0.25) is 9.59 Å². The van der Waals surface area contributed by atoms with Crippen LogP contribution in [-0.2, 0) is 23.8 Å². The maximum absolute atomic E-state index is 11.4. The number of methoxy groups -OCH3 is 3. The lowest BCUT2D eigenvalue weighted by Gasteiger charge is -2.26. The van der Waals surface area contributed by atoms with Crippen molar-refractivity contribution in [3.8, 4) is 0 Å². The highest BCUT2D eigenvalue weighted by atomic mass is 16.9. The number of hydrogen-bond acceptors (Lipinski definition) is 5. The molecule has 5 heteroatoms. The topological polar surface area (TPSA) is 61.8 Å². The van der Waals surface area contributed by atoms with E-state index in [0.29, 0.717) is 0 Å². The van der Waals surface area contributed by atoms with Crippen molar-refractivity contribution in [2.75, 3.05) is 21.3 Å². The van der Waals surface area contributed by atoms with E-state index >= 15 is 0 Å². The standard InChI is InChI=1S/C8H14O5/c1-6(9)5-7(10)8(11-2,12-3)13-4/h5H2,1-4H3. The van der Waals surface area contributed by atoms with Crippen LogP contribution in [-0.4, -0.2) is 38.9 Å². The van der Waals surface area contributed by atoms with Gasteiger partial charge in [-0.05, 0) is 6.92 Å². The van der Waals surface area contributed by atoms with E-state index in [9.17, 15) is 9.59 Å². The lowest BCUT2D eigenvalue weighted by atomic mass is 10.2. The van der Waals surface area contributed by atoms with Crippen LogP contribution in [0.3, 0.4) is 0 Å². The summed E-state index contributed by atoms with van der Waals surface area (Å²) in [5.41, 5.74) is 0. The van der Waals surface area contributed by atoms with Crippen molar-refractivity contribution < 1.29 is 23.8 Å². The Morgan fingerprint density at radius 1 is 1.08 bits per heavy atom.